The molecule has 0 spiro atoms. The van der Waals surface area contributed by atoms with Gasteiger partial charge in [0.1, 0.15) is 5.75 Å². The Morgan fingerprint density at radius 1 is 1.24 bits per heavy atom. The number of phenols is 1. The first-order chi connectivity index (χ1) is 12.2. The molecular weight excluding hydrogens is 316 g/mol. The maximum absolute atomic E-state index is 9.31. The van der Waals surface area contributed by atoms with Crippen molar-refractivity contribution in [3.8, 4) is 5.75 Å². The van der Waals surface area contributed by atoms with Gasteiger partial charge in [-0.05, 0) is 44.4 Å². The van der Waals surface area contributed by atoms with Crippen LogP contribution in [0.3, 0.4) is 0 Å². The molecule has 1 aliphatic heterocycles. The molecule has 0 saturated carbocycles. The highest BCUT2D eigenvalue weighted by molar-refractivity contribution is 5.79. The number of guanidine groups is 1. The van der Waals surface area contributed by atoms with Gasteiger partial charge < -0.3 is 20.5 Å². The minimum absolute atomic E-state index is 0.317. The lowest BCUT2D eigenvalue weighted by molar-refractivity contribution is 0.0220. The largest absolute Gasteiger partial charge is 0.508 e. The number of morpholine rings is 1. The fourth-order valence-electron chi connectivity index (χ4n) is 2.86. The molecule has 1 aliphatic rings. The van der Waals surface area contributed by atoms with Crippen molar-refractivity contribution in [2.45, 2.75) is 32.7 Å². The molecule has 25 heavy (non-hydrogen) atoms. The Morgan fingerprint density at radius 2 is 1.96 bits per heavy atom. The molecule has 0 aliphatic carbocycles. The van der Waals surface area contributed by atoms with Crippen molar-refractivity contribution in [2.75, 3.05) is 45.9 Å². The third-order valence-corrected chi connectivity index (χ3v) is 4.40. The van der Waals surface area contributed by atoms with E-state index in [0.29, 0.717) is 11.8 Å². The molecule has 3 N–H and O–H groups in total. The van der Waals surface area contributed by atoms with Gasteiger partial charge in [0.2, 0.25) is 0 Å². The number of benzene rings is 1. The highest BCUT2D eigenvalue weighted by Crippen LogP contribution is 2.10. The zero-order valence-electron chi connectivity index (χ0n) is 15.5. The number of nitrogens with zero attached hydrogens (tertiary/aromatic N) is 2. The van der Waals surface area contributed by atoms with Crippen molar-refractivity contribution in [1.29, 1.82) is 0 Å². The molecule has 6 nitrogen and oxygen atoms in total. The van der Waals surface area contributed by atoms with Crippen molar-refractivity contribution >= 4 is 5.96 Å². The van der Waals surface area contributed by atoms with Crippen LogP contribution < -0.4 is 10.6 Å². The summed E-state index contributed by atoms with van der Waals surface area (Å²) in [5.41, 5.74) is 1.24. The van der Waals surface area contributed by atoms with E-state index in [1.54, 1.807) is 12.1 Å². The first-order valence-electron chi connectivity index (χ1n) is 9.31. The normalized spacial score (nSPS) is 17.3. The van der Waals surface area contributed by atoms with E-state index >= 15 is 0 Å². The van der Waals surface area contributed by atoms with Crippen LogP contribution in [-0.2, 0) is 11.2 Å². The van der Waals surface area contributed by atoms with Crippen LogP contribution in [0.2, 0.25) is 0 Å². The third-order valence-electron chi connectivity index (χ3n) is 4.40. The number of aliphatic imine (C=N–C) groups is 1. The van der Waals surface area contributed by atoms with Crippen LogP contribution >= 0.6 is 0 Å². The molecule has 1 unspecified atom stereocenters. The molecule has 6 heteroatoms. The Balaban J connectivity index is 1.72. The number of aryl methyl sites for hydroxylation is 1. The molecule has 140 valence electrons. The zero-order valence-corrected chi connectivity index (χ0v) is 15.5. The molecule has 1 aromatic rings. The van der Waals surface area contributed by atoms with E-state index in [2.05, 4.69) is 29.4 Å². The molecule has 0 amide bonds. The number of hydrogen-bond acceptors (Lipinski definition) is 4. The van der Waals surface area contributed by atoms with Crippen molar-refractivity contribution in [3.63, 3.8) is 0 Å². The van der Waals surface area contributed by atoms with Crippen LogP contribution in [0, 0.1) is 0 Å². The molecule has 2 rings (SSSR count). The SMILES string of the molecule is CCNC(=NCC(C)N1CCOCC1)NCCCc1ccc(O)cc1. The predicted octanol–water partition coefficient (Wildman–Crippen LogP) is 1.60. The monoisotopic (exact) mass is 348 g/mol. The van der Waals surface area contributed by atoms with E-state index in [1.165, 1.54) is 5.56 Å². The van der Waals surface area contributed by atoms with Gasteiger partial charge in [-0.15, -0.1) is 0 Å². The summed E-state index contributed by atoms with van der Waals surface area (Å²) in [6.45, 7) is 10.5. The number of aromatic hydroxyl groups is 1. The van der Waals surface area contributed by atoms with Crippen LogP contribution in [0.15, 0.2) is 29.3 Å². The van der Waals surface area contributed by atoms with Crippen LogP contribution in [0.1, 0.15) is 25.8 Å². The van der Waals surface area contributed by atoms with Gasteiger partial charge in [-0.25, -0.2) is 0 Å². The fourth-order valence-corrected chi connectivity index (χ4v) is 2.86. The third kappa shape index (κ3) is 7.32. The molecule has 1 aromatic carbocycles. The minimum atomic E-state index is 0.317. The second-order valence-corrected chi connectivity index (χ2v) is 6.41. The van der Waals surface area contributed by atoms with Crippen LogP contribution in [-0.4, -0.2) is 67.9 Å². The summed E-state index contributed by atoms with van der Waals surface area (Å²) in [6, 6.07) is 7.84. The molecule has 0 aromatic heterocycles. The highest BCUT2D eigenvalue weighted by Gasteiger charge is 2.16. The molecule has 0 radical (unpaired) electrons. The van der Waals surface area contributed by atoms with Gasteiger partial charge in [0.05, 0.1) is 19.8 Å². The highest BCUT2D eigenvalue weighted by atomic mass is 16.5. The molecular formula is C19H32N4O2. The lowest BCUT2D eigenvalue weighted by Crippen LogP contribution is -2.44. The summed E-state index contributed by atoms with van der Waals surface area (Å²) < 4.78 is 5.41. The fraction of sp³-hybridized carbons (Fsp3) is 0.632. The minimum Gasteiger partial charge on any atom is -0.508 e. The lowest BCUT2D eigenvalue weighted by atomic mass is 10.1. The van der Waals surface area contributed by atoms with E-state index in [0.717, 1.165) is 64.7 Å². The zero-order chi connectivity index (χ0) is 17.9. The Labute approximate surface area is 151 Å². The van der Waals surface area contributed by atoms with Crippen LogP contribution in [0.4, 0.5) is 0 Å². The van der Waals surface area contributed by atoms with Gasteiger partial charge in [-0.2, -0.15) is 0 Å². The van der Waals surface area contributed by atoms with Gasteiger partial charge in [0.15, 0.2) is 5.96 Å². The lowest BCUT2D eigenvalue weighted by Gasteiger charge is -2.31. The molecule has 1 heterocycles. The molecule has 1 saturated heterocycles. The standard InChI is InChI=1S/C19H32N4O2/c1-3-20-19(22-15-16(2)23-11-13-25-14-12-23)21-10-4-5-17-6-8-18(24)9-7-17/h6-9,16,24H,3-5,10-15H2,1-2H3,(H2,20,21,22). The average molecular weight is 348 g/mol. The summed E-state index contributed by atoms with van der Waals surface area (Å²) in [6.07, 6.45) is 2.01. The van der Waals surface area contributed by atoms with Gasteiger partial charge in [-0.1, -0.05) is 12.1 Å². The summed E-state index contributed by atoms with van der Waals surface area (Å²) in [4.78, 5) is 7.16. The van der Waals surface area contributed by atoms with Gasteiger partial charge >= 0.3 is 0 Å². The summed E-state index contributed by atoms with van der Waals surface area (Å²) in [7, 11) is 0. The topological polar surface area (TPSA) is 69.1 Å². The van der Waals surface area contributed by atoms with Gasteiger partial charge in [0, 0.05) is 32.2 Å². The predicted molar refractivity (Wildman–Crippen MR) is 102 cm³/mol. The average Bonchev–Trinajstić information content (AvgIpc) is 2.65. The van der Waals surface area contributed by atoms with Crippen molar-refractivity contribution in [3.05, 3.63) is 29.8 Å². The summed E-state index contributed by atoms with van der Waals surface area (Å²) >= 11 is 0. The first-order valence-corrected chi connectivity index (χ1v) is 9.31. The Morgan fingerprint density at radius 3 is 2.64 bits per heavy atom. The molecule has 1 atom stereocenters. The van der Waals surface area contributed by atoms with Gasteiger partial charge in [-0.3, -0.25) is 9.89 Å². The van der Waals surface area contributed by atoms with Gasteiger partial charge in [0.25, 0.3) is 0 Å². The first kappa shape index (κ1) is 19.5. The molecule has 0 bridgehead atoms. The van der Waals surface area contributed by atoms with E-state index < -0.39 is 0 Å². The summed E-state index contributed by atoms with van der Waals surface area (Å²) in [5, 5.41) is 16.0. The van der Waals surface area contributed by atoms with Crippen molar-refractivity contribution in [2.24, 2.45) is 4.99 Å². The van der Waals surface area contributed by atoms with E-state index in [4.69, 9.17) is 9.73 Å². The number of rotatable bonds is 8. The van der Waals surface area contributed by atoms with Crippen LogP contribution in [0.25, 0.3) is 0 Å². The maximum atomic E-state index is 9.31. The van der Waals surface area contributed by atoms with E-state index in [1.807, 2.05) is 12.1 Å². The van der Waals surface area contributed by atoms with Crippen molar-refractivity contribution < 1.29 is 9.84 Å². The quantitative estimate of drug-likeness (QED) is 0.378. The number of nitrogens with one attached hydrogen (secondary N) is 2. The van der Waals surface area contributed by atoms with Crippen molar-refractivity contribution in [1.82, 2.24) is 15.5 Å². The number of ether oxygens (including phenoxy) is 1. The molecule has 1 fully saturated rings. The second kappa shape index (κ2) is 10.9. The Hall–Kier alpha value is -1.79. The van der Waals surface area contributed by atoms with Crippen LogP contribution in [0.5, 0.6) is 5.75 Å². The maximum Gasteiger partial charge on any atom is 0.191 e. The number of phenolic OH excluding ortho intramolecular Hbond substituents is 1. The second-order valence-electron chi connectivity index (χ2n) is 6.41. The Bertz CT molecular complexity index is 513. The van der Waals surface area contributed by atoms with E-state index in [-0.39, 0.29) is 0 Å². The number of hydrogen-bond donors (Lipinski definition) is 3. The summed E-state index contributed by atoms with van der Waals surface area (Å²) in [5.74, 6) is 1.20. The van der Waals surface area contributed by atoms with E-state index in [9.17, 15) is 5.11 Å². The Kier molecular flexibility index (Phi) is 8.55. The smallest absolute Gasteiger partial charge is 0.191 e.